The van der Waals surface area contributed by atoms with Crippen molar-refractivity contribution in [2.45, 2.75) is 33.2 Å². The summed E-state index contributed by atoms with van der Waals surface area (Å²) in [7, 11) is 0. The Kier molecular flexibility index (Phi) is 3.14. The first-order valence-corrected chi connectivity index (χ1v) is 6.94. The minimum Gasteiger partial charge on any atom is -0.343 e. The zero-order chi connectivity index (χ0) is 13.4. The normalized spacial score (nSPS) is 16.5. The second-order valence-corrected chi connectivity index (χ2v) is 5.38. The largest absolute Gasteiger partial charge is 0.343 e. The van der Waals surface area contributed by atoms with Crippen molar-refractivity contribution in [1.82, 2.24) is 19.4 Å². The molecule has 0 aromatic carbocycles. The molecule has 0 unspecified atom stereocenters. The molecule has 0 atom stereocenters. The number of likely N-dealkylation sites (tertiary alicyclic amines) is 1. The van der Waals surface area contributed by atoms with Gasteiger partial charge in [0.05, 0.1) is 5.39 Å². The third kappa shape index (κ3) is 2.30. The molecule has 0 bridgehead atoms. The maximum atomic E-state index is 12.5. The van der Waals surface area contributed by atoms with Crippen molar-refractivity contribution in [3.8, 4) is 0 Å². The second-order valence-electron chi connectivity index (χ2n) is 5.38. The van der Waals surface area contributed by atoms with Crippen molar-refractivity contribution in [2.24, 2.45) is 0 Å². The Morgan fingerprint density at radius 3 is 2.74 bits per heavy atom. The van der Waals surface area contributed by atoms with Gasteiger partial charge in [0.2, 0.25) is 0 Å². The first-order chi connectivity index (χ1) is 9.15. The van der Waals surface area contributed by atoms with Crippen LogP contribution in [0.15, 0.2) is 10.9 Å². The Labute approximate surface area is 112 Å². The summed E-state index contributed by atoms with van der Waals surface area (Å²) in [6.45, 7) is 7.85. The Morgan fingerprint density at radius 2 is 2.00 bits per heavy atom. The summed E-state index contributed by atoms with van der Waals surface area (Å²) in [5.41, 5.74) is 1.76. The van der Waals surface area contributed by atoms with Gasteiger partial charge in [-0.2, -0.15) is 0 Å². The van der Waals surface area contributed by atoms with Gasteiger partial charge in [0, 0.05) is 18.8 Å². The van der Waals surface area contributed by atoms with Crippen LogP contribution < -0.4 is 5.56 Å². The fourth-order valence-corrected chi connectivity index (χ4v) is 2.85. The van der Waals surface area contributed by atoms with Gasteiger partial charge >= 0.3 is 0 Å². The number of nitrogens with zero attached hydrogens (tertiary/aromatic N) is 3. The van der Waals surface area contributed by atoms with E-state index in [9.17, 15) is 4.79 Å². The molecule has 5 heteroatoms. The van der Waals surface area contributed by atoms with E-state index >= 15 is 0 Å². The van der Waals surface area contributed by atoms with Crippen molar-refractivity contribution in [2.75, 3.05) is 19.6 Å². The van der Waals surface area contributed by atoms with Crippen molar-refractivity contribution in [3.05, 3.63) is 27.9 Å². The van der Waals surface area contributed by atoms with Crippen molar-refractivity contribution >= 4 is 11.0 Å². The van der Waals surface area contributed by atoms with Crippen LogP contribution in [0.5, 0.6) is 0 Å². The molecule has 1 N–H and O–H groups in total. The van der Waals surface area contributed by atoms with Crippen LogP contribution in [-0.2, 0) is 6.54 Å². The maximum Gasteiger partial charge on any atom is 0.263 e. The van der Waals surface area contributed by atoms with Gasteiger partial charge in [-0.05, 0) is 45.8 Å². The molecule has 3 rings (SSSR count). The van der Waals surface area contributed by atoms with Gasteiger partial charge < -0.3 is 9.88 Å². The number of fused-ring (bicyclic) bond motifs is 1. The van der Waals surface area contributed by atoms with Crippen LogP contribution in [0.1, 0.15) is 24.4 Å². The van der Waals surface area contributed by atoms with Crippen molar-refractivity contribution in [1.29, 1.82) is 0 Å². The molecular weight excluding hydrogens is 240 g/mol. The summed E-state index contributed by atoms with van der Waals surface area (Å²) >= 11 is 0. The number of hydrogen-bond acceptors (Lipinski definition) is 3. The molecule has 1 fully saturated rings. The zero-order valence-corrected chi connectivity index (χ0v) is 11.6. The van der Waals surface area contributed by atoms with E-state index in [2.05, 4.69) is 14.9 Å². The molecule has 2 aromatic heterocycles. The van der Waals surface area contributed by atoms with Gasteiger partial charge in [-0.3, -0.25) is 9.36 Å². The van der Waals surface area contributed by atoms with Crippen LogP contribution >= 0.6 is 0 Å². The minimum absolute atomic E-state index is 0.0750. The lowest BCUT2D eigenvalue weighted by atomic mass is 10.3. The number of aromatic amines is 1. The Balaban J connectivity index is 1.91. The molecule has 0 saturated carbocycles. The lowest BCUT2D eigenvalue weighted by molar-refractivity contribution is 0.319. The fourth-order valence-electron chi connectivity index (χ4n) is 2.85. The Hall–Kier alpha value is -1.62. The van der Waals surface area contributed by atoms with E-state index in [4.69, 9.17) is 0 Å². The van der Waals surface area contributed by atoms with Crippen LogP contribution in [0, 0.1) is 13.8 Å². The lowest BCUT2D eigenvalue weighted by Gasteiger charge is -2.16. The first kappa shape index (κ1) is 12.4. The Bertz CT molecular complexity index is 649. The number of H-pyrrole nitrogens is 1. The van der Waals surface area contributed by atoms with Crippen LogP contribution in [0.25, 0.3) is 11.0 Å². The molecule has 1 aliphatic rings. The van der Waals surface area contributed by atoms with E-state index in [-0.39, 0.29) is 5.56 Å². The number of rotatable bonds is 3. The van der Waals surface area contributed by atoms with Crippen molar-refractivity contribution in [3.63, 3.8) is 0 Å². The van der Waals surface area contributed by atoms with Gasteiger partial charge in [0.1, 0.15) is 11.5 Å². The molecule has 19 heavy (non-hydrogen) atoms. The molecule has 102 valence electrons. The molecule has 0 aliphatic carbocycles. The molecule has 1 saturated heterocycles. The predicted molar refractivity (Wildman–Crippen MR) is 75.5 cm³/mol. The lowest BCUT2D eigenvalue weighted by Crippen LogP contribution is -2.31. The summed E-state index contributed by atoms with van der Waals surface area (Å²) in [5, 5.41) is 0.699. The summed E-state index contributed by atoms with van der Waals surface area (Å²) < 4.78 is 1.80. The van der Waals surface area contributed by atoms with Crippen LogP contribution in [0.2, 0.25) is 0 Å². The summed E-state index contributed by atoms with van der Waals surface area (Å²) in [5.74, 6) is 0.790. The fraction of sp³-hybridized carbons (Fsp3) is 0.571. The second kappa shape index (κ2) is 4.81. The number of aromatic nitrogens is 3. The van der Waals surface area contributed by atoms with Crippen LogP contribution in [-0.4, -0.2) is 39.1 Å². The van der Waals surface area contributed by atoms with E-state index in [0.29, 0.717) is 11.0 Å². The third-order valence-corrected chi connectivity index (χ3v) is 3.91. The summed E-state index contributed by atoms with van der Waals surface area (Å²) in [6.07, 6.45) is 2.56. The van der Waals surface area contributed by atoms with Gasteiger partial charge in [0.25, 0.3) is 5.56 Å². The molecule has 3 heterocycles. The number of aryl methyl sites for hydroxylation is 2. The molecule has 0 spiro atoms. The summed E-state index contributed by atoms with van der Waals surface area (Å²) in [4.78, 5) is 22.5. The first-order valence-electron chi connectivity index (χ1n) is 6.94. The molecule has 2 aromatic rings. The van der Waals surface area contributed by atoms with E-state index < -0.39 is 0 Å². The molecule has 0 amide bonds. The highest BCUT2D eigenvalue weighted by molar-refractivity contribution is 5.75. The van der Waals surface area contributed by atoms with E-state index in [0.717, 1.165) is 37.7 Å². The third-order valence-electron chi connectivity index (χ3n) is 3.91. The van der Waals surface area contributed by atoms with Gasteiger partial charge in [0.15, 0.2) is 0 Å². The maximum absolute atomic E-state index is 12.5. The van der Waals surface area contributed by atoms with E-state index in [1.54, 1.807) is 4.57 Å². The molecule has 5 nitrogen and oxygen atoms in total. The SMILES string of the molecule is Cc1cc2c(=O)n(CCN3CCCC3)c(C)nc2[nH]1. The Morgan fingerprint density at radius 1 is 1.26 bits per heavy atom. The molecule has 0 radical (unpaired) electrons. The smallest absolute Gasteiger partial charge is 0.263 e. The average Bonchev–Trinajstić information content (AvgIpc) is 2.98. The molecular formula is C14H20N4O. The van der Waals surface area contributed by atoms with Crippen molar-refractivity contribution < 1.29 is 0 Å². The molecule has 1 aliphatic heterocycles. The highest BCUT2D eigenvalue weighted by Gasteiger charge is 2.14. The highest BCUT2D eigenvalue weighted by Crippen LogP contribution is 2.10. The predicted octanol–water partition coefficient (Wildman–Crippen LogP) is 1.44. The van der Waals surface area contributed by atoms with E-state index in [1.807, 2.05) is 19.9 Å². The quantitative estimate of drug-likeness (QED) is 0.908. The van der Waals surface area contributed by atoms with E-state index in [1.165, 1.54) is 12.8 Å². The standard InChI is InChI=1S/C14H20N4O/c1-10-9-12-13(15-10)16-11(2)18(14(12)19)8-7-17-5-3-4-6-17/h9,15H,3-8H2,1-2H3. The zero-order valence-electron chi connectivity index (χ0n) is 11.6. The average molecular weight is 260 g/mol. The van der Waals surface area contributed by atoms with Gasteiger partial charge in [-0.1, -0.05) is 0 Å². The van der Waals surface area contributed by atoms with Crippen LogP contribution in [0.4, 0.5) is 0 Å². The highest BCUT2D eigenvalue weighted by atomic mass is 16.1. The summed E-state index contributed by atoms with van der Waals surface area (Å²) in [6, 6.07) is 1.89. The monoisotopic (exact) mass is 260 g/mol. The number of nitrogens with one attached hydrogen (secondary N) is 1. The van der Waals surface area contributed by atoms with Gasteiger partial charge in [-0.15, -0.1) is 0 Å². The van der Waals surface area contributed by atoms with Crippen LogP contribution in [0.3, 0.4) is 0 Å². The topological polar surface area (TPSA) is 53.9 Å². The van der Waals surface area contributed by atoms with Gasteiger partial charge in [-0.25, -0.2) is 4.98 Å². The minimum atomic E-state index is 0.0750. The number of hydrogen-bond donors (Lipinski definition) is 1.